The fourth-order valence-corrected chi connectivity index (χ4v) is 5.36. The first-order chi connectivity index (χ1) is 8.55. The third-order valence-corrected chi connectivity index (χ3v) is 7.09. The van der Waals surface area contributed by atoms with Crippen molar-refractivity contribution in [3.05, 3.63) is 0 Å². The van der Waals surface area contributed by atoms with Gasteiger partial charge in [0, 0.05) is 0 Å². The van der Waals surface area contributed by atoms with Crippen molar-refractivity contribution in [3.8, 4) is 0 Å². The van der Waals surface area contributed by atoms with Gasteiger partial charge in [0.15, 0.2) is 0 Å². The smallest absolute Gasteiger partial charge is 0.0706 e. The lowest BCUT2D eigenvalue weighted by Crippen LogP contribution is -2.50. The van der Waals surface area contributed by atoms with Crippen LogP contribution in [0.5, 0.6) is 0 Å². The summed E-state index contributed by atoms with van der Waals surface area (Å²) in [6.07, 6.45) is 13.3. The molecule has 0 bridgehead atoms. The highest BCUT2D eigenvalue weighted by Crippen LogP contribution is 2.60. The van der Waals surface area contributed by atoms with E-state index in [9.17, 15) is 5.11 Å². The summed E-state index contributed by atoms with van der Waals surface area (Å²) in [7, 11) is 0. The van der Waals surface area contributed by atoms with E-state index < -0.39 is 0 Å². The molecule has 1 nitrogen and oxygen atoms in total. The summed E-state index contributed by atoms with van der Waals surface area (Å²) >= 11 is 0. The first-order valence-corrected chi connectivity index (χ1v) is 8.27. The molecule has 18 heavy (non-hydrogen) atoms. The van der Waals surface area contributed by atoms with Crippen molar-refractivity contribution >= 4 is 0 Å². The van der Waals surface area contributed by atoms with Crippen LogP contribution >= 0.6 is 0 Å². The Hall–Kier alpha value is -0.0400. The molecule has 0 aliphatic heterocycles. The van der Waals surface area contributed by atoms with Crippen LogP contribution in [-0.4, -0.2) is 10.7 Å². The molecule has 0 saturated heterocycles. The van der Waals surface area contributed by atoms with Gasteiger partial charge in [0.25, 0.3) is 0 Å². The van der Waals surface area contributed by atoms with E-state index in [0.29, 0.717) is 0 Å². The second-order valence-electron chi connectivity index (χ2n) is 7.79. The summed E-state index contributed by atoms with van der Waals surface area (Å²) in [6, 6.07) is 0. The van der Waals surface area contributed by atoms with Gasteiger partial charge in [-0.1, -0.05) is 46.0 Å². The zero-order valence-corrected chi connectivity index (χ0v) is 12.3. The van der Waals surface area contributed by atoms with Crippen molar-refractivity contribution in [3.63, 3.8) is 0 Å². The SMILES string of the molecule is CC1CCC2(O)CC(C3CCCCC3)CCC12C. The van der Waals surface area contributed by atoms with E-state index in [-0.39, 0.29) is 11.0 Å². The summed E-state index contributed by atoms with van der Waals surface area (Å²) < 4.78 is 0. The molecule has 0 aromatic rings. The van der Waals surface area contributed by atoms with Gasteiger partial charge in [0.05, 0.1) is 5.60 Å². The maximum absolute atomic E-state index is 11.1. The molecule has 1 N–H and O–H groups in total. The molecule has 0 heterocycles. The molecule has 0 amide bonds. The van der Waals surface area contributed by atoms with Gasteiger partial charge >= 0.3 is 0 Å². The van der Waals surface area contributed by atoms with Crippen LogP contribution < -0.4 is 0 Å². The zero-order chi connectivity index (χ0) is 12.8. The van der Waals surface area contributed by atoms with Crippen molar-refractivity contribution in [2.24, 2.45) is 23.2 Å². The number of aliphatic hydroxyl groups is 1. The molecule has 0 aromatic heterocycles. The monoisotopic (exact) mass is 250 g/mol. The maximum atomic E-state index is 11.1. The van der Waals surface area contributed by atoms with Crippen molar-refractivity contribution in [2.75, 3.05) is 0 Å². The Kier molecular flexibility index (Phi) is 3.25. The van der Waals surface area contributed by atoms with Crippen LogP contribution in [0, 0.1) is 23.2 Å². The first kappa shape index (κ1) is 13.0. The first-order valence-electron chi connectivity index (χ1n) is 8.27. The third kappa shape index (κ3) is 1.85. The summed E-state index contributed by atoms with van der Waals surface area (Å²) in [5.74, 6) is 2.48. The highest BCUT2D eigenvalue weighted by molar-refractivity contribution is 5.08. The van der Waals surface area contributed by atoms with Crippen LogP contribution in [0.1, 0.15) is 78.1 Å². The van der Waals surface area contributed by atoms with Crippen molar-refractivity contribution < 1.29 is 5.11 Å². The Morgan fingerprint density at radius 1 is 0.889 bits per heavy atom. The van der Waals surface area contributed by atoms with E-state index in [1.54, 1.807) is 0 Å². The van der Waals surface area contributed by atoms with Gasteiger partial charge in [-0.15, -0.1) is 0 Å². The molecule has 1 heteroatoms. The highest BCUT2D eigenvalue weighted by atomic mass is 16.3. The molecular formula is C17H30O. The molecule has 4 unspecified atom stereocenters. The van der Waals surface area contributed by atoms with Crippen molar-refractivity contribution in [1.29, 1.82) is 0 Å². The molecule has 3 fully saturated rings. The van der Waals surface area contributed by atoms with Crippen LogP contribution in [0.15, 0.2) is 0 Å². The fraction of sp³-hybridized carbons (Fsp3) is 1.00. The van der Waals surface area contributed by atoms with Gasteiger partial charge in [-0.25, -0.2) is 0 Å². The number of fused-ring (bicyclic) bond motifs is 1. The largest absolute Gasteiger partial charge is 0.389 e. The number of hydrogen-bond donors (Lipinski definition) is 1. The Labute approximate surface area is 112 Å². The van der Waals surface area contributed by atoms with Gasteiger partial charge in [-0.05, 0) is 55.3 Å². The van der Waals surface area contributed by atoms with Crippen LogP contribution in [0.2, 0.25) is 0 Å². The molecule has 104 valence electrons. The lowest BCUT2D eigenvalue weighted by molar-refractivity contribution is -0.121. The second kappa shape index (κ2) is 4.51. The standard InChI is InChI=1S/C17H30O/c1-13-8-11-17(18)12-15(9-10-16(13,17)2)14-6-4-3-5-7-14/h13-15,18H,3-12H2,1-2H3. The van der Waals surface area contributed by atoms with Crippen molar-refractivity contribution in [2.45, 2.75) is 83.7 Å². The lowest BCUT2D eigenvalue weighted by Gasteiger charge is -2.51. The average molecular weight is 250 g/mol. The zero-order valence-electron chi connectivity index (χ0n) is 12.3. The molecule has 0 spiro atoms. The van der Waals surface area contributed by atoms with E-state index in [0.717, 1.165) is 30.6 Å². The Balaban J connectivity index is 1.73. The molecule has 0 radical (unpaired) electrons. The Morgan fingerprint density at radius 2 is 1.61 bits per heavy atom. The van der Waals surface area contributed by atoms with E-state index in [1.165, 1.54) is 51.4 Å². The minimum Gasteiger partial charge on any atom is -0.389 e. The minimum absolute atomic E-state index is 0.220. The van der Waals surface area contributed by atoms with Crippen LogP contribution in [0.4, 0.5) is 0 Å². The predicted octanol–water partition coefficient (Wildman–Crippen LogP) is 4.53. The quantitative estimate of drug-likeness (QED) is 0.724. The predicted molar refractivity (Wildman–Crippen MR) is 75.4 cm³/mol. The van der Waals surface area contributed by atoms with Gasteiger partial charge in [0.1, 0.15) is 0 Å². The maximum Gasteiger partial charge on any atom is 0.0706 e. The average Bonchev–Trinajstić information content (AvgIpc) is 2.63. The van der Waals surface area contributed by atoms with Gasteiger partial charge in [-0.2, -0.15) is 0 Å². The summed E-state index contributed by atoms with van der Waals surface area (Å²) in [6.45, 7) is 4.72. The van der Waals surface area contributed by atoms with E-state index in [4.69, 9.17) is 0 Å². The topological polar surface area (TPSA) is 20.2 Å². The van der Waals surface area contributed by atoms with Gasteiger partial charge < -0.3 is 5.11 Å². The third-order valence-electron chi connectivity index (χ3n) is 7.09. The normalized spacial score (nSPS) is 50.2. The summed E-state index contributed by atoms with van der Waals surface area (Å²) in [5, 5.41) is 11.1. The molecule has 3 aliphatic carbocycles. The summed E-state index contributed by atoms with van der Waals surface area (Å²) in [5.41, 5.74) is -0.106. The van der Waals surface area contributed by atoms with E-state index in [1.807, 2.05) is 0 Å². The van der Waals surface area contributed by atoms with Crippen LogP contribution in [0.25, 0.3) is 0 Å². The molecule has 3 rings (SSSR count). The van der Waals surface area contributed by atoms with Crippen LogP contribution in [-0.2, 0) is 0 Å². The van der Waals surface area contributed by atoms with Gasteiger partial charge in [0.2, 0.25) is 0 Å². The lowest BCUT2D eigenvalue weighted by atomic mass is 9.57. The highest BCUT2D eigenvalue weighted by Gasteiger charge is 2.57. The number of hydrogen-bond acceptors (Lipinski definition) is 1. The molecule has 0 aromatic carbocycles. The second-order valence-corrected chi connectivity index (χ2v) is 7.79. The minimum atomic E-state index is -0.327. The molecular weight excluding hydrogens is 220 g/mol. The number of rotatable bonds is 1. The Morgan fingerprint density at radius 3 is 2.33 bits per heavy atom. The molecule has 3 saturated carbocycles. The molecule has 4 atom stereocenters. The van der Waals surface area contributed by atoms with E-state index >= 15 is 0 Å². The van der Waals surface area contributed by atoms with Crippen LogP contribution in [0.3, 0.4) is 0 Å². The van der Waals surface area contributed by atoms with E-state index in [2.05, 4.69) is 13.8 Å². The summed E-state index contributed by atoms with van der Waals surface area (Å²) in [4.78, 5) is 0. The Bertz CT molecular complexity index is 307. The van der Waals surface area contributed by atoms with Crippen molar-refractivity contribution in [1.82, 2.24) is 0 Å². The van der Waals surface area contributed by atoms with Gasteiger partial charge in [-0.3, -0.25) is 0 Å². The molecule has 3 aliphatic rings. The fourth-order valence-electron chi connectivity index (χ4n) is 5.36.